The Bertz CT molecular complexity index is 1310. The lowest BCUT2D eigenvalue weighted by Gasteiger charge is -2.31. The molecule has 5 nitrogen and oxygen atoms in total. The summed E-state index contributed by atoms with van der Waals surface area (Å²) in [6, 6.07) is 18.6. The molecule has 0 saturated heterocycles. The average molecular weight is 368 g/mol. The fourth-order valence-electron chi connectivity index (χ4n) is 4.78. The molecule has 4 heterocycles. The Morgan fingerprint density at radius 1 is 1.11 bits per heavy atom. The van der Waals surface area contributed by atoms with E-state index in [1.54, 1.807) is 6.07 Å². The van der Waals surface area contributed by atoms with Gasteiger partial charge in [-0.3, -0.25) is 4.79 Å². The second-order valence-electron chi connectivity index (χ2n) is 7.71. The van der Waals surface area contributed by atoms with Crippen molar-refractivity contribution in [3.63, 3.8) is 0 Å². The lowest BCUT2D eigenvalue weighted by molar-refractivity contribution is 0.568. The van der Waals surface area contributed by atoms with Crippen LogP contribution in [0.25, 0.3) is 22.2 Å². The topological polar surface area (TPSA) is 51.9 Å². The van der Waals surface area contributed by atoms with Crippen LogP contribution in [0.1, 0.15) is 29.4 Å². The van der Waals surface area contributed by atoms with Gasteiger partial charge in [0.1, 0.15) is 6.17 Å². The zero-order valence-electron chi connectivity index (χ0n) is 15.6. The van der Waals surface area contributed by atoms with E-state index < -0.39 is 0 Å². The summed E-state index contributed by atoms with van der Waals surface area (Å²) in [7, 11) is 0. The first-order chi connectivity index (χ1) is 13.7. The third-order valence-electron chi connectivity index (χ3n) is 5.97. The normalized spacial score (nSPS) is 17.1. The molecule has 0 aliphatic carbocycles. The van der Waals surface area contributed by atoms with Crippen LogP contribution >= 0.6 is 0 Å². The number of fused-ring (bicyclic) bond motifs is 3. The lowest BCUT2D eigenvalue weighted by Crippen LogP contribution is -2.30. The minimum Gasteiger partial charge on any atom is -0.359 e. The molecule has 0 bridgehead atoms. The van der Waals surface area contributed by atoms with Crippen molar-refractivity contribution in [3.8, 4) is 11.3 Å². The first kappa shape index (κ1) is 15.7. The minimum atomic E-state index is -0.210. The number of benzene rings is 2. The summed E-state index contributed by atoms with van der Waals surface area (Å²) >= 11 is 0. The van der Waals surface area contributed by atoms with Gasteiger partial charge in [0.15, 0.2) is 0 Å². The maximum absolute atomic E-state index is 13.0. The molecule has 0 unspecified atom stereocenters. The molecule has 0 spiro atoms. The van der Waals surface area contributed by atoms with Crippen LogP contribution in [-0.2, 0) is 13.0 Å². The van der Waals surface area contributed by atoms with Crippen molar-refractivity contribution < 1.29 is 0 Å². The highest BCUT2D eigenvalue weighted by Gasteiger charge is 2.29. The Balaban J connectivity index is 1.66. The zero-order chi connectivity index (χ0) is 18.8. The van der Waals surface area contributed by atoms with E-state index in [-0.39, 0.29) is 11.7 Å². The van der Waals surface area contributed by atoms with Gasteiger partial charge < -0.3 is 9.88 Å². The van der Waals surface area contributed by atoms with Crippen LogP contribution in [0.4, 0.5) is 5.69 Å². The third-order valence-corrected chi connectivity index (χ3v) is 5.97. The van der Waals surface area contributed by atoms with Crippen LogP contribution < -0.4 is 10.9 Å². The molecule has 138 valence electrons. The number of para-hydroxylation sites is 2. The van der Waals surface area contributed by atoms with Crippen LogP contribution in [-0.4, -0.2) is 14.3 Å². The monoisotopic (exact) mass is 368 g/mol. The molecular formula is C23H20N4O. The second-order valence-corrected chi connectivity index (χ2v) is 7.71. The molecule has 2 aliphatic rings. The number of rotatable bonds is 1. The third kappa shape index (κ3) is 2.07. The fourth-order valence-corrected chi connectivity index (χ4v) is 4.78. The number of nitrogens with zero attached hydrogens (tertiary/aromatic N) is 3. The van der Waals surface area contributed by atoms with E-state index in [9.17, 15) is 4.79 Å². The van der Waals surface area contributed by atoms with Crippen LogP contribution in [0.2, 0.25) is 0 Å². The predicted molar refractivity (Wildman–Crippen MR) is 111 cm³/mol. The van der Waals surface area contributed by atoms with E-state index in [0.29, 0.717) is 0 Å². The molecule has 0 amide bonds. The minimum absolute atomic E-state index is 0.0701. The van der Waals surface area contributed by atoms with E-state index in [4.69, 9.17) is 5.10 Å². The molecule has 0 radical (unpaired) electrons. The highest BCUT2D eigenvalue weighted by atomic mass is 16.1. The largest absolute Gasteiger partial charge is 0.359 e. The van der Waals surface area contributed by atoms with Crippen molar-refractivity contribution in [1.29, 1.82) is 0 Å². The van der Waals surface area contributed by atoms with Gasteiger partial charge in [0, 0.05) is 34.8 Å². The highest BCUT2D eigenvalue weighted by Crippen LogP contribution is 2.40. The Labute approximate surface area is 162 Å². The molecule has 4 aromatic rings. The van der Waals surface area contributed by atoms with E-state index in [2.05, 4.69) is 41.7 Å². The Kier molecular flexibility index (Phi) is 3.13. The van der Waals surface area contributed by atoms with E-state index in [1.165, 1.54) is 5.56 Å². The molecule has 28 heavy (non-hydrogen) atoms. The smallest absolute Gasteiger partial charge is 0.251 e. The SMILES string of the molecule is Cc1cc2n(n1)[C@@H](c1cc(=O)n3c4c(cccc14)CCC3)Nc1ccccc1-2. The number of aromatic nitrogens is 3. The van der Waals surface area contributed by atoms with Gasteiger partial charge in [-0.1, -0.05) is 36.4 Å². The van der Waals surface area contributed by atoms with Crippen LogP contribution in [0, 0.1) is 6.92 Å². The number of pyridine rings is 1. The van der Waals surface area contributed by atoms with Gasteiger partial charge >= 0.3 is 0 Å². The fraction of sp³-hybridized carbons (Fsp3) is 0.217. The number of aryl methyl sites for hydroxylation is 3. The molecule has 2 aliphatic heterocycles. The van der Waals surface area contributed by atoms with E-state index in [0.717, 1.165) is 58.5 Å². The number of hydrogen-bond acceptors (Lipinski definition) is 3. The molecule has 5 heteroatoms. The summed E-state index contributed by atoms with van der Waals surface area (Å²) in [6.45, 7) is 2.80. The number of nitrogens with one attached hydrogen (secondary N) is 1. The van der Waals surface area contributed by atoms with Crippen molar-refractivity contribution in [2.75, 3.05) is 5.32 Å². The molecule has 0 saturated carbocycles. The van der Waals surface area contributed by atoms with Crippen molar-refractivity contribution in [2.24, 2.45) is 0 Å². The van der Waals surface area contributed by atoms with Gasteiger partial charge in [0.2, 0.25) is 0 Å². The summed E-state index contributed by atoms with van der Waals surface area (Å²) in [6.07, 6.45) is 1.83. The van der Waals surface area contributed by atoms with Gasteiger partial charge in [-0.2, -0.15) is 5.10 Å². The maximum Gasteiger partial charge on any atom is 0.251 e. The molecular weight excluding hydrogens is 348 g/mol. The van der Waals surface area contributed by atoms with Crippen LogP contribution in [0.15, 0.2) is 59.4 Å². The predicted octanol–water partition coefficient (Wildman–Crippen LogP) is 4.09. The van der Waals surface area contributed by atoms with Gasteiger partial charge in [-0.15, -0.1) is 0 Å². The Morgan fingerprint density at radius 2 is 2.00 bits per heavy atom. The summed E-state index contributed by atoms with van der Waals surface area (Å²) in [5, 5.41) is 9.53. The lowest BCUT2D eigenvalue weighted by atomic mass is 9.96. The summed E-state index contributed by atoms with van der Waals surface area (Å²) in [5.74, 6) is 0. The van der Waals surface area contributed by atoms with Crippen LogP contribution in [0.5, 0.6) is 0 Å². The van der Waals surface area contributed by atoms with Crippen molar-refractivity contribution >= 4 is 16.6 Å². The van der Waals surface area contributed by atoms with Crippen molar-refractivity contribution in [1.82, 2.24) is 14.3 Å². The van der Waals surface area contributed by atoms with Gasteiger partial charge in [0.05, 0.1) is 16.9 Å². The van der Waals surface area contributed by atoms with E-state index >= 15 is 0 Å². The Hall–Kier alpha value is -3.34. The number of anilines is 1. The second kappa shape index (κ2) is 5.58. The summed E-state index contributed by atoms with van der Waals surface area (Å²) in [5.41, 5.74) is 7.66. The molecule has 6 rings (SSSR count). The first-order valence-electron chi connectivity index (χ1n) is 9.78. The summed E-state index contributed by atoms with van der Waals surface area (Å²) in [4.78, 5) is 13.0. The molecule has 1 atom stereocenters. The van der Waals surface area contributed by atoms with Crippen LogP contribution in [0.3, 0.4) is 0 Å². The summed E-state index contributed by atoms with van der Waals surface area (Å²) < 4.78 is 3.96. The molecule has 1 N–H and O–H groups in total. The average Bonchev–Trinajstić information content (AvgIpc) is 3.12. The standard InChI is InChI=1S/C23H20N4O/c1-14-12-20-17-8-2-3-10-19(17)24-23(27(20)25-14)18-13-21(28)26-11-5-7-15-6-4-9-16(18)22(15)26/h2-4,6,8-10,12-13,23-24H,5,7,11H2,1H3/t23-/m0/s1. The molecule has 2 aromatic heterocycles. The van der Waals surface area contributed by atoms with Gasteiger partial charge in [-0.25, -0.2) is 4.68 Å². The zero-order valence-corrected chi connectivity index (χ0v) is 15.6. The van der Waals surface area contributed by atoms with E-state index in [1.807, 2.05) is 28.3 Å². The molecule has 2 aromatic carbocycles. The highest BCUT2D eigenvalue weighted by molar-refractivity contribution is 5.88. The molecule has 0 fully saturated rings. The number of hydrogen-bond donors (Lipinski definition) is 1. The van der Waals surface area contributed by atoms with Gasteiger partial charge in [0.25, 0.3) is 5.56 Å². The maximum atomic E-state index is 13.0. The van der Waals surface area contributed by atoms with Gasteiger partial charge in [-0.05, 0) is 37.5 Å². The van der Waals surface area contributed by atoms with Crippen molar-refractivity contribution in [3.05, 3.63) is 81.8 Å². The quantitative estimate of drug-likeness (QED) is 0.550. The Morgan fingerprint density at radius 3 is 2.93 bits per heavy atom. The first-order valence-corrected chi connectivity index (χ1v) is 9.78. The van der Waals surface area contributed by atoms with Crippen molar-refractivity contribution in [2.45, 2.75) is 32.5 Å².